The first kappa shape index (κ1) is 21.6. The Morgan fingerprint density at radius 2 is 1.52 bits per heavy atom. The number of hydrogen-bond donors (Lipinski definition) is 0. The second-order valence-corrected chi connectivity index (χ2v) is 11.5. The van der Waals surface area contributed by atoms with E-state index in [9.17, 15) is 4.79 Å². The Bertz CT molecular complexity index is 965. The number of carbonyl (C=O) groups excluding carboxylic acids is 1. The van der Waals surface area contributed by atoms with Crippen molar-refractivity contribution in [3.05, 3.63) is 52.8 Å². The van der Waals surface area contributed by atoms with E-state index < -0.39 is 7.92 Å². The van der Waals surface area contributed by atoms with Crippen LogP contribution >= 0.6 is 7.92 Å². The zero-order chi connectivity index (χ0) is 21.5. The van der Waals surface area contributed by atoms with Gasteiger partial charge in [0, 0.05) is 23.7 Å². The second-order valence-electron chi connectivity index (χ2n) is 8.57. The van der Waals surface area contributed by atoms with Crippen molar-refractivity contribution in [3.8, 4) is 22.6 Å². The van der Waals surface area contributed by atoms with Gasteiger partial charge in [0.25, 0.3) is 0 Å². The SMILES string of the molecule is C=C1CC(=O)CC(C)(C)P1c1c(OC)ccc(OC)c1-c1c(C)cc(C)cc1C. The average molecular weight is 410 g/mol. The lowest BCUT2D eigenvalue weighted by Crippen LogP contribution is -2.33. The van der Waals surface area contributed by atoms with E-state index >= 15 is 0 Å². The fraction of sp³-hybridized carbons (Fsp3) is 0.400. The molecule has 1 unspecified atom stereocenters. The van der Waals surface area contributed by atoms with Crippen LogP contribution in [0.3, 0.4) is 0 Å². The normalized spacial score (nSPS) is 18.7. The fourth-order valence-corrected chi connectivity index (χ4v) is 8.02. The monoisotopic (exact) mass is 410 g/mol. The molecule has 2 aromatic carbocycles. The summed E-state index contributed by atoms with van der Waals surface area (Å²) in [6.45, 7) is 15.1. The van der Waals surface area contributed by atoms with E-state index in [1.165, 1.54) is 22.3 Å². The molecule has 2 aromatic rings. The van der Waals surface area contributed by atoms with Crippen LogP contribution in [0.5, 0.6) is 11.5 Å². The van der Waals surface area contributed by atoms with E-state index in [0.29, 0.717) is 12.8 Å². The van der Waals surface area contributed by atoms with Crippen LogP contribution in [0.25, 0.3) is 11.1 Å². The number of ketones is 1. The number of hydrogen-bond acceptors (Lipinski definition) is 3. The molecule has 3 nitrogen and oxygen atoms in total. The summed E-state index contributed by atoms with van der Waals surface area (Å²) in [6, 6.07) is 8.39. The molecule has 1 aliphatic heterocycles. The maximum atomic E-state index is 12.3. The van der Waals surface area contributed by atoms with E-state index in [0.717, 1.165) is 27.7 Å². The van der Waals surface area contributed by atoms with Gasteiger partial charge < -0.3 is 9.47 Å². The Kier molecular flexibility index (Phi) is 5.92. The third kappa shape index (κ3) is 3.85. The van der Waals surface area contributed by atoms with E-state index in [4.69, 9.17) is 9.47 Å². The van der Waals surface area contributed by atoms with Crippen molar-refractivity contribution in [1.82, 2.24) is 0 Å². The first-order valence-corrected chi connectivity index (χ1v) is 11.3. The highest BCUT2D eigenvalue weighted by Gasteiger charge is 2.42. The molecule has 1 saturated heterocycles. The smallest absolute Gasteiger partial charge is 0.138 e. The Morgan fingerprint density at radius 3 is 2.03 bits per heavy atom. The molecule has 4 heteroatoms. The number of rotatable bonds is 4. The fourth-order valence-electron chi connectivity index (χ4n) is 4.75. The molecular formula is C25H31O3P. The zero-order valence-electron chi connectivity index (χ0n) is 18.6. The molecule has 0 bridgehead atoms. The number of Topliss-reactive ketones (excluding diaryl/α,β-unsaturated/α-hetero) is 1. The van der Waals surface area contributed by atoms with Crippen molar-refractivity contribution in [2.24, 2.45) is 0 Å². The van der Waals surface area contributed by atoms with Crippen LogP contribution in [0.1, 0.15) is 43.4 Å². The molecule has 0 spiro atoms. The summed E-state index contributed by atoms with van der Waals surface area (Å²) in [5, 5.41) is 1.96. The van der Waals surface area contributed by atoms with Crippen LogP contribution < -0.4 is 14.8 Å². The van der Waals surface area contributed by atoms with Gasteiger partial charge in [0.15, 0.2) is 0 Å². The summed E-state index contributed by atoms with van der Waals surface area (Å²) in [6.07, 6.45) is 1.00. The molecule has 1 aliphatic rings. The van der Waals surface area contributed by atoms with Gasteiger partial charge in [-0.2, -0.15) is 0 Å². The van der Waals surface area contributed by atoms with Gasteiger partial charge >= 0.3 is 0 Å². The lowest BCUT2D eigenvalue weighted by Gasteiger charge is -2.41. The predicted octanol–water partition coefficient (Wildman–Crippen LogP) is 6.06. The standard InChI is InChI=1S/C25H31O3P/c1-15-11-16(2)22(17(3)12-15)23-20(27-7)9-10-21(28-8)24(23)29-18(4)13-19(26)14-25(29,5)6/h9-12H,4,13-14H2,1-3,5-8H3. The zero-order valence-corrected chi connectivity index (χ0v) is 19.5. The lowest BCUT2D eigenvalue weighted by atomic mass is 9.93. The number of methoxy groups -OCH3 is 2. The van der Waals surface area contributed by atoms with Crippen molar-refractivity contribution >= 4 is 19.0 Å². The second kappa shape index (κ2) is 7.95. The van der Waals surface area contributed by atoms with Crippen molar-refractivity contribution < 1.29 is 14.3 Å². The summed E-state index contributed by atoms with van der Waals surface area (Å²) in [4.78, 5) is 12.3. The van der Waals surface area contributed by atoms with Gasteiger partial charge in [-0.15, -0.1) is 0 Å². The molecule has 0 saturated carbocycles. The molecule has 0 radical (unpaired) electrons. The third-order valence-electron chi connectivity index (χ3n) is 5.65. The first-order chi connectivity index (χ1) is 13.6. The van der Waals surface area contributed by atoms with E-state index in [2.05, 4.69) is 53.3 Å². The number of benzene rings is 2. The third-order valence-corrected chi connectivity index (χ3v) is 8.70. The quantitative estimate of drug-likeness (QED) is 0.575. The van der Waals surface area contributed by atoms with Crippen LogP contribution in [0.15, 0.2) is 36.2 Å². The number of ether oxygens (including phenoxy) is 2. The minimum absolute atomic E-state index is 0.192. The molecule has 1 fully saturated rings. The number of allylic oxidation sites excluding steroid dienone is 1. The van der Waals surface area contributed by atoms with Crippen LogP contribution in [-0.2, 0) is 4.79 Å². The van der Waals surface area contributed by atoms with Gasteiger partial charge in [0.05, 0.1) is 14.2 Å². The number of carbonyl (C=O) groups is 1. The highest BCUT2D eigenvalue weighted by Crippen LogP contribution is 2.63. The number of aryl methyl sites for hydroxylation is 3. The minimum Gasteiger partial charge on any atom is -0.496 e. The van der Waals surface area contributed by atoms with Gasteiger partial charge in [-0.3, -0.25) is 4.79 Å². The highest BCUT2D eigenvalue weighted by molar-refractivity contribution is 7.71. The van der Waals surface area contributed by atoms with Crippen LogP contribution in [-0.4, -0.2) is 25.2 Å². The molecule has 1 atom stereocenters. The van der Waals surface area contributed by atoms with Gasteiger partial charge in [0.1, 0.15) is 17.3 Å². The molecule has 1 heterocycles. The van der Waals surface area contributed by atoms with Crippen molar-refractivity contribution in [3.63, 3.8) is 0 Å². The largest absolute Gasteiger partial charge is 0.496 e. The van der Waals surface area contributed by atoms with Crippen molar-refractivity contribution in [2.45, 2.75) is 52.6 Å². The summed E-state index contributed by atoms with van der Waals surface area (Å²) in [5.74, 6) is 1.94. The summed E-state index contributed by atoms with van der Waals surface area (Å²) in [7, 11) is 2.58. The van der Waals surface area contributed by atoms with Crippen LogP contribution in [0.2, 0.25) is 0 Å². The van der Waals surface area contributed by atoms with Crippen molar-refractivity contribution in [1.29, 1.82) is 0 Å². The minimum atomic E-state index is -0.844. The molecule has 154 valence electrons. The van der Waals surface area contributed by atoms with Crippen molar-refractivity contribution in [2.75, 3.05) is 14.2 Å². The maximum Gasteiger partial charge on any atom is 0.138 e. The van der Waals surface area contributed by atoms with Gasteiger partial charge in [-0.1, -0.05) is 38.1 Å². The van der Waals surface area contributed by atoms with E-state index in [-0.39, 0.29) is 10.9 Å². The Morgan fingerprint density at radius 1 is 0.966 bits per heavy atom. The predicted molar refractivity (Wildman–Crippen MR) is 123 cm³/mol. The topological polar surface area (TPSA) is 35.5 Å². The van der Waals surface area contributed by atoms with E-state index in [1.807, 2.05) is 12.1 Å². The summed E-state index contributed by atoms with van der Waals surface area (Å²) >= 11 is 0. The molecule has 0 aromatic heterocycles. The highest BCUT2D eigenvalue weighted by atomic mass is 31.1. The molecule has 0 aliphatic carbocycles. The Labute approximate surface area is 175 Å². The lowest BCUT2D eigenvalue weighted by molar-refractivity contribution is -0.118. The molecule has 0 amide bonds. The first-order valence-electron chi connectivity index (χ1n) is 9.93. The Balaban J connectivity index is 2.42. The summed E-state index contributed by atoms with van der Waals surface area (Å²) in [5.41, 5.74) is 5.93. The molecular weight excluding hydrogens is 379 g/mol. The van der Waals surface area contributed by atoms with Gasteiger partial charge in [-0.25, -0.2) is 0 Å². The van der Waals surface area contributed by atoms with Crippen LogP contribution in [0.4, 0.5) is 0 Å². The van der Waals surface area contributed by atoms with Gasteiger partial charge in [0.2, 0.25) is 0 Å². The molecule has 29 heavy (non-hydrogen) atoms. The Hall–Kier alpha value is -2.12. The van der Waals surface area contributed by atoms with E-state index in [1.54, 1.807) is 14.2 Å². The van der Waals surface area contributed by atoms with Gasteiger partial charge in [-0.05, 0) is 68.0 Å². The summed E-state index contributed by atoms with van der Waals surface area (Å²) < 4.78 is 11.7. The van der Waals surface area contributed by atoms with Crippen LogP contribution in [0, 0.1) is 20.8 Å². The molecule has 3 rings (SSSR count). The average Bonchev–Trinajstić information content (AvgIpc) is 2.59. The maximum absolute atomic E-state index is 12.3. The molecule has 0 N–H and O–H groups in total.